The monoisotopic (exact) mass is 196 g/mol. The van der Waals surface area contributed by atoms with E-state index in [1.54, 1.807) is 0 Å². The van der Waals surface area contributed by atoms with Crippen LogP contribution >= 0.6 is 0 Å². The zero-order valence-electron chi connectivity index (χ0n) is 7.82. The number of aryl methyl sites for hydroxylation is 1. The van der Waals surface area contributed by atoms with Crippen molar-refractivity contribution < 1.29 is 14.3 Å². The maximum absolute atomic E-state index is 12.6. The molecular formula is C11H13FO2. The standard InChI is InChI=1S/C11H13FO2/c12-10(11(13)14)8-4-7-9-5-2-1-3-6-9/h1-3,5-6,10H,4,7-8H2,(H,13,14). The van der Waals surface area contributed by atoms with Gasteiger partial charge in [-0.3, -0.25) is 0 Å². The predicted octanol–water partition coefficient (Wildman–Crippen LogP) is 2.43. The van der Waals surface area contributed by atoms with Crippen LogP contribution in [0.5, 0.6) is 0 Å². The Bertz CT molecular complexity index is 285. The topological polar surface area (TPSA) is 37.3 Å². The number of hydrogen-bond acceptors (Lipinski definition) is 1. The summed E-state index contributed by atoms with van der Waals surface area (Å²) in [5.74, 6) is -1.36. The van der Waals surface area contributed by atoms with Crippen LogP contribution in [-0.4, -0.2) is 17.2 Å². The average Bonchev–Trinajstić information content (AvgIpc) is 2.19. The lowest BCUT2D eigenvalue weighted by Crippen LogP contribution is -2.14. The highest BCUT2D eigenvalue weighted by Crippen LogP contribution is 2.08. The maximum Gasteiger partial charge on any atom is 0.338 e. The van der Waals surface area contributed by atoms with Gasteiger partial charge < -0.3 is 5.11 Å². The van der Waals surface area contributed by atoms with Crippen molar-refractivity contribution in [3.8, 4) is 0 Å². The third kappa shape index (κ3) is 3.56. The molecule has 3 heteroatoms. The summed E-state index contributed by atoms with van der Waals surface area (Å²) in [6.07, 6.45) is -0.338. The van der Waals surface area contributed by atoms with Gasteiger partial charge in [0, 0.05) is 0 Å². The van der Waals surface area contributed by atoms with Crippen LogP contribution in [0.25, 0.3) is 0 Å². The Balaban J connectivity index is 2.26. The van der Waals surface area contributed by atoms with Crippen molar-refractivity contribution in [2.45, 2.75) is 25.4 Å². The van der Waals surface area contributed by atoms with Crippen LogP contribution < -0.4 is 0 Å². The molecule has 2 nitrogen and oxygen atoms in total. The molecule has 0 bridgehead atoms. The summed E-state index contributed by atoms with van der Waals surface area (Å²) < 4.78 is 12.6. The van der Waals surface area contributed by atoms with Crippen LogP contribution in [0.1, 0.15) is 18.4 Å². The van der Waals surface area contributed by atoms with E-state index in [4.69, 9.17) is 5.11 Å². The van der Waals surface area contributed by atoms with Gasteiger partial charge in [0.15, 0.2) is 6.17 Å². The number of aliphatic carboxylic acids is 1. The normalized spacial score (nSPS) is 12.4. The van der Waals surface area contributed by atoms with E-state index in [1.807, 2.05) is 30.3 Å². The Morgan fingerprint density at radius 3 is 2.57 bits per heavy atom. The smallest absolute Gasteiger partial charge is 0.338 e. The molecule has 14 heavy (non-hydrogen) atoms. The highest BCUT2D eigenvalue weighted by Gasteiger charge is 2.14. The first-order chi connectivity index (χ1) is 6.70. The van der Waals surface area contributed by atoms with E-state index in [0.29, 0.717) is 6.42 Å². The van der Waals surface area contributed by atoms with Gasteiger partial charge in [0.2, 0.25) is 0 Å². The minimum atomic E-state index is -1.72. The molecular weight excluding hydrogens is 183 g/mol. The molecule has 0 aliphatic carbocycles. The first-order valence-corrected chi connectivity index (χ1v) is 4.61. The van der Waals surface area contributed by atoms with Crippen molar-refractivity contribution in [2.75, 3.05) is 0 Å². The Hall–Kier alpha value is -1.38. The number of carboxylic acids is 1. The Kier molecular flexibility index (Phi) is 4.11. The van der Waals surface area contributed by atoms with Crippen molar-refractivity contribution in [2.24, 2.45) is 0 Å². The van der Waals surface area contributed by atoms with Crippen molar-refractivity contribution in [1.29, 1.82) is 0 Å². The molecule has 1 aromatic carbocycles. The maximum atomic E-state index is 12.6. The van der Waals surface area contributed by atoms with E-state index in [1.165, 1.54) is 0 Å². The van der Waals surface area contributed by atoms with Crippen molar-refractivity contribution >= 4 is 5.97 Å². The summed E-state index contributed by atoms with van der Waals surface area (Å²) in [6.45, 7) is 0. The number of carboxylic acid groups (broad SMARTS) is 1. The molecule has 0 aliphatic rings. The van der Waals surface area contributed by atoms with E-state index in [-0.39, 0.29) is 6.42 Å². The van der Waals surface area contributed by atoms with Gasteiger partial charge in [0.25, 0.3) is 0 Å². The number of alkyl halides is 1. The molecule has 76 valence electrons. The Labute approximate surface area is 82.4 Å². The molecule has 0 amide bonds. The van der Waals surface area contributed by atoms with Crippen molar-refractivity contribution in [1.82, 2.24) is 0 Å². The fraction of sp³-hybridized carbons (Fsp3) is 0.364. The van der Waals surface area contributed by atoms with Crippen LogP contribution in [0.4, 0.5) is 4.39 Å². The van der Waals surface area contributed by atoms with Crippen molar-refractivity contribution in [3.63, 3.8) is 0 Å². The van der Waals surface area contributed by atoms with Crippen LogP contribution in [0.3, 0.4) is 0 Å². The third-order valence-electron chi connectivity index (χ3n) is 2.03. The third-order valence-corrected chi connectivity index (χ3v) is 2.03. The van der Waals surface area contributed by atoms with Gasteiger partial charge >= 0.3 is 5.97 Å². The molecule has 1 aromatic rings. The molecule has 0 saturated carbocycles. The van der Waals surface area contributed by atoms with Gasteiger partial charge in [-0.1, -0.05) is 30.3 Å². The second-order valence-electron chi connectivity index (χ2n) is 3.18. The number of halogens is 1. The van der Waals surface area contributed by atoms with E-state index in [2.05, 4.69) is 0 Å². The number of benzene rings is 1. The van der Waals surface area contributed by atoms with E-state index in [9.17, 15) is 9.18 Å². The molecule has 1 rings (SSSR count). The summed E-state index contributed by atoms with van der Waals surface area (Å²) in [7, 11) is 0. The molecule has 1 N–H and O–H groups in total. The SMILES string of the molecule is O=C(O)C(F)CCCc1ccccc1. The summed E-state index contributed by atoms with van der Waals surface area (Å²) >= 11 is 0. The molecule has 0 aromatic heterocycles. The van der Waals surface area contributed by atoms with Gasteiger partial charge in [-0.2, -0.15) is 0 Å². The first kappa shape index (κ1) is 10.7. The number of carbonyl (C=O) groups is 1. The lowest BCUT2D eigenvalue weighted by Gasteiger charge is -2.02. The van der Waals surface area contributed by atoms with Gasteiger partial charge in [0.05, 0.1) is 0 Å². The minimum Gasteiger partial charge on any atom is -0.479 e. The fourth-order valence-electron chi connectivity index (χ4n) is 1.25. The van der Waals surface area contributed by atoms with Crippen LogP contribution in [0, 0.1) is 0 Å². The second-order valence-corrected chi connectivity index (χ2v) is 3.18. The van der Waals surface area contributed by atoms with Gasteiger partial charge in [-0.05, 0) is 24.8 Å². The molecule has 0 saturated heterocycles. The highest BCUT2D eigenvalue weighted by molar-refractivity contribution is 5.71. The number of rotatable bonds is 5. The highest BCUT2D eigenvalue weighted by atomic mass is 19.1. The van der Waals surface area contributed by atoms with E-state index in [0.717, 1.165) is 12.0 Å². The Morgan fingerprint density at radius 2 is 2.00 bits per heavy atom. The van der Waals surface area contributed by atoms with E-state index < -0.39 is 12.1 Å². The summed E-state index contributed by atoms with van der Waals surface area (Å²) in [6, 6.07) is 9.65. The zero-order chi connectivity index (χ0) is 10.4. The Morgan fingerprint density at radius 1 is 1.36 bits per heavy atom. The average molecular weight is 196 g/mol. The van der Waals surface area contributed by atoms with Crippen LogP contribution in [0.2, 0.25) is 0 Å². The van der Waals surface area contributed by atoms with Gasteiger partial charge in [-0.15, -0.1) is 0 Å². The molecule has 0 fully saturated rings. The zero-order valence-corrected chi connectivity index (χ0v) is 7.82. The van der Waals surface area contributed by atoms with Crippen LogP contribution in [-0.2, 0) is 11.2 Å². The lowest BCUT2D eigenvalue weighted by atomic mass is 10.1. The van der Waals surface area contributed by atoms with Gasteiger partial charge in [-0.25, -0.2) is 9.18 Å². The second kappa shape index (κ2) is 5.37. The van der Waals surface area contributed by atoms with E-state index >= 15 is 0 Å². The molecule has 0 spiro atoms. The summed E-state index contributed by atoms with van der Waals surface area (Å²) in [4.78, 5) is 10.2. The predicted molar refractivity (Wildman–Crippen MR) is 51.9 cm³/mol. The molecule has 1 unspecified atom stereocenters. The summed E-state index contributed by atoms with van der Waals surface area (Å²) in [5, 5.41) is 8.30. The van der Waals surface area contributed by atoms with Gasteiger partial charge in [0.1, 0.15) is 0 Å². The first-order valence-electron chi connectivity index (χ1n) is 4.61. The van der Waals surface area contributed by atoms with Crippen molar-refractivity contribution in [3.05, 3.63) is 35.9 Å². The van der Waals surface area contributed by atoms with Crippen LogP contribution in [0.15, 0.2) is 30.3 Å². The summed E-state index contributed by atoms with van der Waals surface area (Å²) in [5.41, 5.74) is 1.12. The number of hydrogen-bond donors (Lipinski definition) is 1. The lowest BCUT2D eigenvalue weighted by molar-refractivity contribution is -0.143. The molecule has 0 aliphatic heterocycles. The minimum absolute atomic E-state index is 0.0875. The molecule has 0 heterocycles. The quantitative estimate of drug-likeness (QED) is 0.785. The molecule has 1 atom stereocenters. The molecule has 0 radical (unpaired) electrons. The fourth-order valence-corrected chi connectivity index (χ4v) is 1.25. The largest absolute Gasteiger partial charge is 0.479 e.